The first kappa shape index (κ1) is 12.6. The third-order valence-electron chi connectivity index (χ3n) is 2.72. The van der Waals surface area contributed by atoms with Crippen molar-refractivity contribution in [3.63, 3.8) is 0 Å². The summed E-state index contributed by atoms with van der Waals surface area (Å²) in [7, 11) is -3.23. The summed E-state index contributed by atoms with van der Waals surface area (Å²) in [6.45, 7) is 1.55. The monoisotopic (exact) mass is 268 g/mol. The number of hydrogen-bond acceptors (Lipinski definition) is 4. The lowest BCUT2D eigenvalue weighted by molar-refractivity contribution is 0.0699. The number of carboxylic acid groups (broad SMARTS) is 1. The number of sulfone groups is 1. The third kappa shape index (κ3) is 2.24. The number of benzene rings is 1. The molecular formula is C12H12O5S. The van der Waals surface area contributed by atoms with Gasteiger partial charge in [0.25, 0.3) is 0 Å². The molecular weight excluding hydrogens is 256 g/mol. The summed E-state index contributed by atoms with van der Waals surface area (Å²) in [5.41, 5.74) is 0.837. The average molecular weight is 268 g/mol. The van der Waals surface area contributed by atoms with E-state index in [-0.39, 0.29) is 17.1 Å². The van der Waals surface area contributed by atoms with Crippen molar-refractivity contribution in [1.82, 2.24) is 0 Å². The highest BCUT2D eigenvalue weighted by atomic mass is 32.2. The van der Waals surface area contributed by atoms with E-state index >= 15 is 0 Å². The molecule has 96 valence electrons. The van der Waals surface area contributed by atoms with Crippen LogP contribution in [0, 0.1) is 0 Å². The summed E-state index contributed by atoms with van der Waals surface area (Å²) < 4.78 is 28.4. The molecule has 6 heteroatoms. The van der Waals surface area contributed by atoms with Gasteiger partial charge in [0.15, 0.2) is 9.84 Å². The second kappa shape index (κ2) is 4.45. The minimum Gasteiger partial charge on any atom is -0.478 e. The van der Waals surface area contributed by atoms with Gasteiger partial charge in [0, 0.05) is 16.7 Å². The molecule has 0 aliphatic carbocycles. The summed E-state index contributed by atoms with van der Waals surface area (Å²) >= 11 is 0. The predicted octanol–water partition coefficient (Wildman–Crippen LogP) is 2.07. The highest BCUT2D eigenvalue weighted by Crippen LogP contribution is 2.26. The molecule has 1 aromatic carbocycles. The average Bonchev–Trinajstić information content (AvgIpc) is 2.72. The highest BCUT2D eigenvalue weighted by molar-refractivity contribution is 7.90. The van der Waals surface area contributed by atoms with Crippen LogP contribution in [0.25, 0.3) is 11.0 Å². The van der Waals surface area contributed by atoms with Gasteiger partial charge in [-0.1, -0.05) is 13.0 Å². The first-order chi connectivity index (χ1) is 8.44. The van der Waals surface area contributed by atoms with Crippen LogP contribution < -0.4 is 0 Å². The number of fused-ring (bicyclic) bond motifs is 1. The van der Waals surface area contributed by atoms with Gasteiger partial charge in [-0.15, -0.1) is 0 Å². The third-order valence-corrected chi connectivity index (χ3v) is 4.35. The molecule has 0 bridgehead atoms. The second-order valence-electron chi connectivity index (χ2n) is 3.92. The first-order valence-electron chi connectivity index (χ1n) is 5.37. The Balaban J connectivity index is 2.63. The maximum absolute atomic E-state index is 11.6. The van der Waals surface area contributed by atoms with Crippen molar-refractivity contribution in [1.29, 1.82) is 0 Å². The number of rotatable bonds is 4. The van der Waals surface area contributed by atoms with E-state index in [4.69, 9.17) is 9.52 Å². The summed E-state index contributed by atoms with van der Waals surface area (Å²) in [5, 5.41) is 9.45. The quantitative estimate of drug-likeness (QED) is 0.917. The van der Waals surface area contributed by atoms with E-state index in [0.717, 1.165) is 0 Å². The summed E-state index contributed by atoms with van der Waals surface area (Å²) in [4.78, 5) is 11.1. The summed E-state index contributed by atoms with van der Waals surface area (Å²) in [6, 6.07) is 4.61. The van der Waals surface area contributed by atoms with E-state index in [1.165, 1.54) is 12.3 Å². The fraction of sp³-hybridized carbons (Fsp3) is 0.250. The molecule has 0 saturated carbocycles. The standard InChI is InChI=1S/C12H12O5S/c1-2-18(15,16)7-8-6-17-10-5-3-4-9(11(8)10)12(13)14/h3-6H,2,7H2,1H3,(H,13,14). The van der Waals surface area contributed by atoms with Crippen LogP contribution in [0.2, 0.25) is 0 Å². The molecule has 0 aliphatic heterocycles. The molecule has 0 unspecified atom stereocenters. The molecule has 2 rings (SSSR count). The maximum Gasteiger partial charge on any atom is 0.336 e. The van der Waals surface area contributed by atoms with Gasteiger partial charge >= 0.3 is 5.97 Å². The van der Waals surface area contributed by atoms with Crippen LogP contribution in [0.1, 0.15) is 22.8 Å². The van der Waals surface area contributed by atoms with Crippen molar-refractivity contribution in [2.45, 2.75) is 12.7 Å². The van der Waals surface area contributed by atoms with Crippen LogP contribution in [-0.4, -0.2) is 25.2 Å². The molecule has 1 N–H and O–H groups in total. The smallest absolute Gasteiger partial charge is 0.336 e. The van der Waals surface area contributed by atoms with E-state index in [9.17, 15) is 13.2 Å². The Morgan fingerprint density at radius 3 is 2.72 bits per heavy atom. The SMILES string of the molecule is CCS(=O)(=O)Cc1coc2cccc(C(=O)O)c12. The zero-order valence-corrected chi connectivity index (χ0v) is 10.5. The van der Waals surface area contributed by atoms with Crippen LogP contribution in [0.15, 0.2) is 28.9 Å². The number of carboxylic acids is 1. The lowest BCUT2D eigenvalue weighted by Gasteiger charge is -2.01. The summed E-state index contributed by atoms with van der Waals surface area (Å²) in [5.74, 6) is -1.30. The van der Waals surface area contributed by atoms with Crippen LogP contribution in [-0.2, 0) is 15.6 Å². The van der Waals surface area contributed by atoms with Crippen LogP contribution in [0.5, 0.6) is 0 Å². The van der Waals surface area contributed by atoms with Crippen molar-refractivity contribution in [3.05, 3.63) is 35.6 Å². The largest absolute Gasteiger partial charge is 0.478 e. The van der Waals surface area contributed by atoms with Crippen LogP contribution >= 0.6 is 0 Å². The van der Waals surface area contributed by atoms with E-state index in [2.05, 4.69) is 0 Å². The van der Waals surface area contributed by atoms with E-state index in [1.807, 2.05) is 0 Å². The molecule has 0 aliphatic rings. The van der Waals surface area contributed by atoms with Crippen LogP contribution in [0.3, 0.4) is 0 Å². The molecule has 0 amide bonds. The van der Waals surface area contributed by atoms with Gasteiger partial charge in [-0.05, 0) is 12.1 Å². The lowest BCUT2D eigenvalue weighted by Crippen LogP contribution is -2.07. The van der Waals surface area contributed by atoms with Gasteiger partial charge in [0.05, 0.1) is 17.6 Å². The fourth-order valence-electron chi connectivity index (χ4n) is 1.78. The summed E-state index contributed by atoms with van der Waals surface area (Å²) in [6.07, 6.45) is 1.31. The molecule has 0 saturated heterocycles. The Hall–Kier alpha value is -1.82. The van der Waals surface area contributed by atoms with E-state index in [0.29, 0.717) is 16.5 Å². The van der Waals surface area contributed by atoms with Gasteiger partial charge in [0.2, 0.25) is 0 Å². The van der Waals surface area contributed by atoms with Crippen molar-refractivity contribution in [3.8, 4) is 0 Å². The van der Waals surface area contributed by atoms with Gasteiger partial charge < -0.3 is 9.52 Å². The number of hydrogen-bond donors (Lipinski definition) is 1. The number of aromatic carboxylic acids is 1. The second-order valence-corrected chi connectivity index (χ2v) is 6.27. The van der Waals surface area contributed by atoms with Gasteiger partial charge in [-0.25, -0.2) is 13.2 Å². The molecule has 0 radical (unpaired) electrons. The van der Waals surface area contributed by atoms with Gasteiger partial charge in [0.1, 0.15) is 5.58 Å². The Morgan fingerprint density at radius 1 is 1.39 bits per heavy atom. The molecule has 5 nitrogen and oxygen atoms in total. The Kier molecular flexibility index (Phi) is 3.13. The van der Waals surface area contributed by atoms with Crippen molar-refractivity contribution in [2.24, 2.45) is 0 Å². The normalized spacial score (nSPS) is 11.8. The molecule has 18 heavy (non-hydrogen) atoms. The Bertz CT molecular complexity index is 696. The Labute approximate surface area is 104 Å². The molecule has 0 fully saturated rings. The number of carbonyl (C=O) groups is 1. The van der Waals surface area contributed by atoms with Crippen molar-refractivity contribution >= 4 is 26.8 Å². The molecule has 1 aromatic heterocycles. The zero-order valence-electron chi connectivity index (χ0n) is 9.71. The van der Waals surface area contributed by atoms with Gasteiger partial charge in [-0.3, -0.25) is 0 Å². The lowest BCUT2D eigenvalue weighted by atomic mass is 10.1. The maximum atomic E-state index is 11.6. The fourth-order valence-corrected chi connectivity index (χ4v) is 2.67. The Morgan fingerprint density at radius 2 is 2.11 bits per heavy atom. The molecule has 0 atom stereocenters. The van der Waals surface area contributed by atoms with E-state index in [1.54, 1.807) is 19.1 Å². The van der Waals surface area contributed by atoms with Crippen molar-refractivity contribution < 1.29 is 22.7 Å². The van der Waals surface area contributed by atoms with E-state index < -0.39 is 15.8 Å². The molecule has 1 heterocycles. The minimum atomic E-state index is -3.23. The number of furan rings is 1. The zero-order chi connectivity index (χ0) is 13.3. The predicted molar refractivity (Wildman–Crippen MR) is 66.3 cm³/mol. The molecule has 2 aromatic rings. The molecule has 0 spiro atoms. The first-order valence-corrected chi connectivity index (χ1v) is 7.19. The van der Waals surface area contributed by atoms with Crippen molar-refractivity contribution in [2.75, 3.05) is 5.75 Å². The van der Waals surface area contributed by atoms with Gasteiger partial charge in [-0.2, -0.15) is 0 Å². The highest BCUT2D eigenvalue weighted by Gasteiger charge is 2.19. The van der Waals surface area contributed by atoms with Crippen LogP contribution in [0.4, 0.5) is 0 Å². The topological polar surface area (TPSA) is 84.6 Å². The minimum absolute atomic E-state index is 0.00884.